The summed E-state index contributed by atoms with van der Waals surface area (Å²) in [5.74, 6) is -0.268. The van der Waals surface area contributed by atoms with E-state index in [1.165, 1.54) is 6.08 Å². The first kappa shape index (κ1) is 13.3. The van der Waals surface area contributed by atoms with E-state index in [-0.39, 0.29) is 12.2 Å². The second kappa shape index (κ2) is 3.67. The van der Waals surface area contributed by atoms with Crippen LogP contribution < -0.4 is 0 Å². The molecule has 18 heavy (non-hydrogen) atoms. The smallest absolute Gasteiger partial charge is 0.191 e. The summed E-state index contributed by atoms with van der Waals surface area (Å²) in [7, 11) is 0. The number of nitrogens with zero attached hydrogens (tertiary/aromatic N) is 1. The number of hydrogen-bond acceptors (Lipinski definition) is 4. The number of fused-ring (bicyclic) bond motifs is 1. The highest BCUT2D eigenvalue weighted by atomic mass is 16.7. The van der Waals surface area contributed by atoms with Gasteiger partial charge >= 0.3 is 0 Å². The second-order valence-corrected chi connectivity index (χ2v) is 6.56. The van der Waals surface area contributed by atoms with Gasteiger partial charge in [-0.2, -0.15) is 0 Å². The maximum atomic E-state index is 12.3. The van der Waals surface area contributed by atoms with Crippen LogP contribution in [0.25, 0.3) is 0 Å². The highest BCUT2D eigenvalue weighted by Crippen LogP contribution is 2.52. The zero-order valence-electron chi connectivity index (χ0n) is 11.7. The molecule has 0 amide bonds. The number of carbonyl (C=O) groups excluding carboxylic acids is 1. The Labute approximate surface area is 108 Å². The van der Waals surface area contributed by atoms with Crippen LogP contribution in [0, 0.1) is 5.41 Å². The summed E-state index contributed by atoms with van der Waals surface area (Å²) in [4.78, 5) is 18.0. The Balaban J connectivity index is 2.64. The molecule has 0 radical (unpaired) electrons. The van der Waals surface area contributed by atoms with Crippen LogP contribution in [-0.4, -0.2) is 27.8 Å². The fourth-order valence-electron chi connectivity index (χ4n) is 3.05. The number of oxime groups is 1. The summed E-state index contributed by atoms with van der Waals surface area (Å²) in [6.07, 6.45) is 2.30. The third-order valence-electron chi connectivity index (χ3n) is 4.06. The average molecular weight is 251 g/mol. The fraction of sp³-hybridized carbons (Fsp3) is 0.714. The van der Waals surface area contributed by atoms with Crippen molar-refractivity contribution in [3.05, 3.63) is 11.6 Å². The summed E-state index contributed by atoms with van der Waals surface area (Å²) < 4.78 is 0. The Kier molecular flexibility index (Phi) is 2.71. The predicted octanol–water partition coefficient (Wildman–Crippen LogP) is 2.22. The van der Waals surface area contributed by atoms with Crippen molar-refractivity contribution in [2.45, 2.75) is 58.7 Å². The van der Waals surface area contributed by atoms with Gasteiger partial charge in [0, 0.05) is 18.3 Å². The summed E-state index contributed by atoms with van der Waals surface area (Å²) in [5.41, 5.74) is -1.29. The first-order valence-corrected chi connectivity index (χ1v) is 6.28. The van der Waals surface area contributed by atoms with E-state index in [0.717, 1.165) is 5.57 Å². The summed E-state index contributed by atoms with van der Waals surface area (Å²) in [6.45, 7) is 9.57. The van der Waals surface area contributed by atoms with E-state index in [1.54, 1.807) is 6.92 Å². The zero-order valence-corrected chi connectivity index (χ0v) is 11.7. The Bertz CT molecular complexity index is 458. The topological polar surface area (TPSA) is 58.9 Å². The van der Waals surface area contributed by atoms with Crippen molar-refractivity contribution in [3.63, 3.8) is 0 Å². The van der Waals surface area contributed by atoms with E-state index >= 15 is 0 Å². The van der Waals surface area contributed by atoms with Gasteiger partial charge in [-0.15, -0.1) is 0 Å². The van der Waals surface area contributed by atoms with Crippen LogP contribution in [0.15, 0.2) is 16.8 Å². The van der Waals surface area contributed by atoms with Gasteiger partial charge in [0.2, 0.25) is 0 Å². The molecule has 2 aliphatic rings. The molecule has 2 rings (SSSR count). The lowest BCUT2D eigenvalue weighted by Gasteiger charge is -2.54. The molecular formula is C14H21NO3. The van der Waals surface area contributed by atoms with Crippen LogP contribution in [0.1, 0.15) is 47.5 Å². The van der Waals surface area contributed by atoms with Crippen molar-refractivity contribution in [3.8, 4) is 0 Å². The van der Waals surface area contributed by atoms with Crippen molar-refractivity contribution in [2.75, 3.05) is 0 Å². The Morgan fingerprint density at radius 2 is 1.94 bits per heavy atom. The van der Waals surface area contributed by atoms with Gasteiger partial charge in [-0.3, -0.25) is 4.79 Å². The largest absolute Gasteiger partial charge is 0.385 e. The molecule has 0 spiro atoms. The van der Waals surface area contributed by atoms with E-state index in [2.05, 4.69) is 5.16 Å². The molecule has 2 unspecified atom stereocenters. The summed E-state index contributed by atoms with van der Waals surface area (Å²) in [6, 6.07) is 0. The monoisotopic (exact) mass is 251 g/mol. The zero-order chi connectivity index (χ0) is 13.8. The van der Waals surface area contributed by atoms with Gasteiger partial charge in [-0.1, -0.05) is 31.5 Å². The molecular weight excluding hydrogens is 230 g/mol. The quantitative estimate of drug-likeness (QED) is 0.718. The summed E-state index contributed by atoms with van der Waals surface area (Å²) in [5, 5.41) is 15.0. The van der Waals surface area contributed by atoms with E-state index in [1.807, 2.05) is 27.7 Å². The van der Waals surface area contributed by atoms with Crippen molar-refractivity contribution in [1.29, 1.82) is 0 Å². The molecule has 0 fully saturated rings. The minimum absolute atomic E-state index is 0.243. The fourth-order valence-corrected chi connectivity index (χ4v) is 3.05. The first-order valence-electron chi connectivity index (χ1n) is 6.28. The molecule has 4 heteroatoms. The Morgan fingerprint density at radius 3 is 2.50 bits per heavy atom. The third-order valence-corrected chi connectivity index (χ3v) is 4.06. The van der Waals surface area contributed by atoms with Crippen LogP contribution in [0.3, 0.4) is 0 Å². The van der Waals surface area contributed by atoms with Crippen LogP contribution in [0.4, 0.5) is 0 Å². The van der Waals surface area contributed by atoms with Gasteiger partial charge in [0.05, 0.1) is 5.71 Å². The van der Waals surface area contributed by atoms with Gasteiger partial charge < -0.3 is 9.94 Å². The van der Waals surface area contributed by atoms with E-state index in [9.17, 15) is 9.90 Å². The molecule has 1 aliphatic carbocycles. The highest BCUT2D eigenvalue weighted by molar-refractivity contribution is 6.03. The molecule has 0 saturated heterocycles. The SMILES string of the molecule is CC1=CC(=O)C2(O)CC(C)=NOC2(C(C)(C)C)C1. The van der Waals surface area contributed by atoms with Crippen molar-refractivity contribution < 1.29 is 14.7 Å². The number of aliphatic hydroxyl groups is 1. The summed E-state index contributed by atoms with van der Waals surface area (Å²) >= 11 is 0. The lowest BCUT2D eigenvalue weighted by Crippen LogP contribution is -2.69. The standard InChI is InChI=1S/C14H21NO3/c1-9-6-11(16)13(17)8-10(2)15-18-14(13,7-9)12(3,4)5/h6,17H,7-8H2,1-5H3. The van der Waals surface area contributed by atoms with Gasteiger partial charge in [0.25, 0.3) is 0 Å². The first-order chi connectivity index (χ1) is 8.12. The molecule has 1 aliphatic heterocycles. The van der Waals surface area contributed by atoms with Gasteiger partial charge in [-0.25, -0.2) is 0 Å². The molecule has 0 aromatic heterocycles. The van der Waals surface area contributed by atoms with Gasteiger partial charge in [-0.05, 0) is 19.9 Å². The maximum Gasteiger partial charge on any atom is 0.191 e. The van der Waals surface area contributed by atoms with Crippen molar-refractivity contribution >= 4 is 11.5 Å². The van der Waals surface area contributed by atoms with E-state index in [0.29, 0.717) is 12.1 Å². The molecule has 0 aromatic rings. The molecule has 0 bridgehead atoms. The number of carbonyl (C=O) groups is 1. The number of rotatable bonds is 0. The van der Waals surface area contributed by atoms with Crippen molar-refractivity contribution in [1.82, 2.24) is 0 Å². The Hall–Kier alpha value is -1.16. The lowest BCUT2D eigenvalue weighted by atomic mass is 9.58. The minimum atomic E-state index is -1.50. The van der Waals surface area contributed by atoms with Crippen LogP contribution in [0.5, 0.6) is 0 Å². The van der Waals surface area contributed by atoms with Crippen LogP contribution in [0.2, 0.25) is 0 Å². The molecule has 1 N–H and O–H groups in total. The Morgan fingerprint density at radius 1 is 1.33 bits per heavy atom. The minimum Gasteiger partial charge on any atom is -0.385 e. The third kappa shape index (κ3) is 1.55. The molecule has 2 atom stereocenters. The second-order valence-electron chi connectivity index (χ2n) is 6.56. The lowest BCUT2D eigenvalue weighted by molar-refractivity contribution is -0.233. The normalized spacial score (nSPS) is 36.4. The predicted molar refractivity (Wildman–Crippen MR) is 69.3 cm³/mol. The van der Waals surface area contributed by atoms with E-state index in [4.69, 9.17) is 4.84 Å². The molecule has 0 aromatic carbocycles. The van der Waals surface area contributed by atoms with Crippen molar-refractivity contribution in [2.24, 2.45) is 10.6 Å². The highest BCUT2D eigenvalue weighted by Gasteiger charge is 2.66. The van der Waals surface area contributed by atoms with Crippen LogP contribution in [-0.2, 0) is 9.63 Å². The molecule has 4 nitrogen and oxygen atoms in total. The number of ketones is 1. The number of hydrogen-bond donors (Lipinski definition) is 1. The van der Waals surface area contributed by atoms with Gasteiger partial charge in [0.15, 0.2) is 17.0 Å². The average Bonchev–Trinajstić information content (AvgIpc) is 2.19. The van der Waals surface area contributed by atoms with Crippen LogP contribution >= 0.6 is 0 Å². The molecule has 0 saturated carbocycles. The molecule has 1 heterocycles. The molecule has 100 valence electrons. The van der Waals surface area contributed by atoms with E-state index < -0.39 is 16.6 Å². The maximum absolute atomic E-state index is 12.3. The van der Waals surface area contributed by atoms with Gasteiger partial charge in [0.1, 0.15) is 0 Å².